The van der Waals surface area contributed by atoms with E-state index in [-0.39, 0.29) is 5.82 Å². The van der Waals surface area contributed by atoms with Crippen LogP contribution in [0.4, 0.5) is 5.82 Å². The molecule has 0 amide bonds. The van der Waals surface area contributed by atoms with E-state index in [1.807, 2.05) is 18.2 Å². The number of fused-ring (bicyclic) bond motifs is 1. The van der Waals surface area contributed by atoms with E-state index in [0.717, 1.165) is 16.0 Å². The maximum absolute atomic E-state index is 7.45. The number of methoxy groups -OCH3 is 1. The smallest absolute Gasteiger partial charge is 0.127 e. The third-order valence-corrected chi connectivity index (χ3v) is 3.89. The molecule has 0 radical (unpaired) electrons. The highest BCUT2D eigenvalue weighted by Crippen LogP contribution is 2.32. The topological polar surface area (TPSA) is 38.2 Å². The molecule has 0 atom stereocenters. The van der Waals surface area contributed by atoms with Gasteiger partial charge in [0.15, 0.2) is 0 Å². The Morgan fingerprint density at radius 3 is 2.85 bits per heavy atom. The molecule has 0 aliphatic heterocycles. The molecular formula is C15H15N3OS. The fraction of sp³-hybridized carbons (Fsp3) is 0.200. The summed E-state index contributed by atoms with van der Waals surface area (Å²) >= 11 is 1.44. The van der Waals surface area contributed by atoms with Gasteiger partial charge in [0.05, 0.1) is 17.3 Å². The number of hydrogen-bond acceptors (Lipinski definition) is 5. The first-order valence-corrected chi connectivity index (χ1v) is 6.62. The van der Waals surface area contributed by atoms with Crippen molar-refractivity contribution in [2.45, 2.75) is 0 Å². The fourth-order valence-electron chi connectivity index (χ4n) is 1.80. The highest BCUT2D eigenvalue weighted by atomic mass is 32.1. The van der Waals surface area contributed by atoms with Crippen LogP contribution in [0.25, 0.3) is 20.8 Å². The lowest BCUT2D eigenvalue weighted by atomic mass is 10.3. The van der Waals surface area contributed by atoms with Crippen molar-refractivity contribution < 1.29 is 13.0 Å². The largest absolute Gasteiger partial charge is 0.497 e. The number of ether oxygens (including phenoxy) is 1. The Kier molecular flexibility index (Phi) is 1.93. The SMILES string of the molecule is [3H]C([3H])([3H])N(c1ccc(-c2nc3ccc(OC)cc3s2)cn1)C([3H])([3H])[3H]. The monoisotopic (exact) mass is 297 g/mol. The summed E-state index contributed by atoms with van der Waals surface area (Å²) in [5, 5.41) is 0.696. The van der Waals surface area contributed by atoms with Crippen molar-refractivity contribution in [1.82, 2.24) is 9.97 Å². The second kappa shape index (κ2) is 5.09. The summed E-state index contributed by atoms with van der Waals surface area (Å²) in [4.78, 5) is 8.91. The Balaban J connectivity index is 1.96. The maximum atomic E-state index is 7.45. The molecule has 0 unspecified atom stereocenters. The number of pyridine rings is 1. The zero-order chi connectivity index (χ0) is 19.1. The average Bonchev–Trinajstić information content (AvgIpc) is 2.95. The molecule has 0 spiro atoms. The Bertz CT molecular complexity index is 906. The quantitative estimate of drug-likeness (QED) is 0.742. The van der Waals surface area contributed by atoms with Gasteiger partial charge in [-0.3, -0.25) is 0 Å². The number of nitrogens with zero attached hydrogens (tertiary/aromatic N) is 3. The summed E-state index contributed by atoms with van der Waals surface area (Å²) in [7, 11) is 1.59. The van der Waals surface area contributed by atoms with Gasteiger partial charge in [-0.1, -0.05) is 0 Å². The number of aromatic nitrogens is 2. The molecule has 102 valence electrons. The lowest BCUT2D eigenvalue weighted by Gasteiger charge is -2.10. The van der Waals surface area contributed by atoms with E-state index >= 15 is 0 Å². The number of hydrogen-bond donors (Lipinski definition) is 0. The Labute approximate surface area is 130 Å². The van der Waals surface area contributed by atoms with E-state index in [2.05, 4.69) is 9.97 Å². The number of rotatable bonds is 3. The molecule has 5 heteroatoms. The molecule has 3 rings (SSSR count). The molecule has 0 bridgehead atoms. The molecule has 0 saturated carbocycles. The van der Waals surface area contributed by atoms with Crippen molar-refractivity contribution in [3.8, 4) is 16.3 Å². The van der Waals surface area contributed by atoms with Crippen molar-refractivity contribution in [2.75, 3.05) is 26.0 Å². The Hall–Kier alpha value is -2.14. The van der Waals surface area contributed by atoms with E-state index < -0.39 is 14.0 Å². The third kappa shape index (κ3) is 2.32. The van der Waals surface area contributed by atoms with Crippen LogP contribution in [0, 0.1) is 0 Å². The molecule has 1 aromatic carbocycles. The molecule has 2 heterocycles. The van der Waals surface area contributed by atoms with Crippen LogP contribution in [-0.4, -0.2) is 31.0 Å². The van der Waals surface area contributed by atoms with Gasteiger partial charge in [0, 0.05) is 33.9 Å². The zero-order valence-electron chi connectivity index (χ0n) is 16.6. The normalized spacial score (nSPS) is 16.4. The molecule has 20 heavy (non-hydrogen) atoms. The molecule has 0 saturated heterocycles. The predicted molar refractivity (Wildman–Crippen MR) is 83.7 cm³/mol. The van der Waals surface area contributed by atoms with Gasteiger partial charge in [-0.2, -0.15) is 0 Å². The van der Waals surface area contributed by atoms with E-state index in [4.69, 9.17) is 13.0 Å². The van der Waals surface area contributed by atoms with Crippen LogP contribution in [0.5, 0.6) is 5.75 Å². The minimum absolute atomic E-state index is 0.142. The second-order valence-corrected chi connectivity index (χ2v) is 5.12. The number of benzene rings is 1. The molecule has 0 aliphatic carbocycles. The van der Waals surface area contributed by atoms with Crippen LogP contribution in [0.15, 0.2) is 36.5 Å². The lowest BCUT2D eigenvalue weighted by molar-refractivity contribution is 0.415. The minimum Gasteiger partial charge on any atom is -0.497 e. The van der Waals surface area contributed by atoms with Crippen molar-refractivity contribution in [3.63, 3.8) is 0 Å². The van der Waals surface area contributed by atoms with Crippen molar-refractivity contribution in [2.24, 2.45) is 0 Å². The Morgan fingerprint density at radius 2 is 2.15 bits per heavy atom. The lowest BCUT2D eigenvalue weighted by Crippen LogP contribution is -2.09. The molecule has 2 aromatic heterocycles. The summed E-state index contributed by atoms with van der Waals surface area (Å²) < 4.78 is 50.8. The van der Waals surface area contributed by atoms with E-state index in [1.54, 1.807) is 13.2 Å². The van der Waals surface area contributed by atoms with Crippen LogP contribution in [0.1, 0.15) is 8.22 Å². The molecular weight excluding hydrogens is 270 g/mol. The fourth-order valence-corrected chi connectivity index (χ4v) is 2.78. The minimum atomic E-state index is -2.83. The first-order valence-electron chi connectivity index (χ1n) is 8.81. The molecule has 0 fully saturated rings. The Morgan fingerprint density at radius 1 is 1.25 bits per heavy atom. The number of thiazole rings is 1. The van der Waals surface area contributed by atoms with Crippen LogP contribution >= 0.6 is 11.3 Å². The summed E-state index contributed by atoms with van der Waals surface area (Å²) in [6.45, 7) is -5.65. The van der Waals surface area contributed by atoms with Crippen LogP contribution < -0.4 is 9.64 Å². The first-order chi connectivity index (χ1) is 12.1. The van der Waals surface area contributed by atoms with Gasteiger partial charge in [0.2, 0.25) is 0 Å². The van der Waals surface area contributed by atoms with Gasteiger partial charge in [-0.15, -0.1) is 11.3 Å². The van der Waals surface area contributed by atoms with Crippen LogP contribution in [0.3, 0.4) is 0 Å². The van der Waals surface area contributed by atoms with Crippen molar-refractivity contribution >= 4 is 27.4 Å². The van der Waals surface area contributed by atoms with Crippen molar-refractivity contribution in [3.05, 3.63) is 36.5 Å². The van der Waals surface area contributed by atoms with E-state index in [0.29, 0.717) is 15.5 Å². The molecule has 0 N–H and O–H groups in total. The predicted octanol–water partition coefficient (Wildman–Crippen LogP) is 3.43. The zero-order valence-corrected chi connectivity index (χ0v) is 11.4. The summed E-state index contributed by atoms with van der Waals surface area (Å²) in [5.41, 5.74) is 1.48. The highest BCUT2D eigenvalue weighted by molar-refractivity contribution is 7.21. The van der Waals surface area contributed by atoms with E-state index in [1.165, 1.54) is 23.6 Å². The summed E-state index contributed by atoms with van der Waals surface area (Å²) in [6.07, 6.45) is 1.43. The van der Waals surface area contributed by atoms with Crippen molar-refractivity contribution in [1.29, 1.82) is 0 Å². The highest BCUT2D eigenvalue weighted by Gasteiger charge is 2.08. The van der Waals surface area contributed by atoms with Gasteiger partial charge < -0.3 is 9.64 Å². The summed E-state index contributed by atoms with van der Waals surface area (Å²) in [5.74, 6) is 0.587. The van der Waals surface area contributed by atoms with E-state index in [9.17, 15) is 0 Å². The van der Waals surface area contributed by atoms with Crippen LogP contribution in [0.2, 0.25) is 0 Å². The van der Waals surface area contributed by atoms with Gasteiger partial charge in [0.25, 0.3) is 0 Å². The molecule has 4 nitrogen and oxygen atoms in total. The number of anilines is 1. The standard InChI is InChI=1S/C15H15N3OS/c1-18(2)14-7-4-10(9-16-14)15-17-12-6-5-11(19-3)8-13(12)20-15/h4-9H,1-3H3/i1T3,2T3. The van der Waals surface area contributed by atoms with Gasteiger partial charge in [-0.25, -0.2) is 9.97 Å². The second-order valence-electron chi connectivity index (χ2n) is 4.09. The average molecular weight is 297 g/mol. The molecule has 0 aliphatic rings. The maximum Gasteiger partial charge on any atom is 0.127 e. The molecule has 3 aromatic rings. The van der Waals surface area contributed by atoms with Gasteiger partial charge in [0.1, 0.15) is 16.6 Å². The summed E-state index contributed by atoms with van der Waals surface area (Å²) in [6, 6.07) is 8.53. The van der Waals surface area contributed by atoms with Crippen LogP contribution in [-0.2, 0) is 0 Å². The third-order valence-electron chi connectivity index (χ3n) is 2.82. The first kappa shape index (κ1) is 7.59. The van der Waals surface area contributed by atoms with Gasteiger partial charge >= 0.3 is 0 Å². The van der Waals surface area contributed by atoms with Gasteiger partial charge in [-0.05, 0) is 30.3 Å².